The molecule has 1 heterocycles. The highest BCUT2D eigenvalue weighted by Crippen LogP contribution is 2.29. The first-order valence-corrected chi connectivity index (χ1v) is 10.6. The Hall–Kier alpha value is -2.00. The standard InChI is InChI=1S/C21H23BrClF3N2O3/c1-20(2,3)28-19(29)31-15(8-9-30-16-11-17(22)18(23)27-12-16)10-13-4-6-14(7-5-13)21(24,25)26/h4-7,11-12,15H,8-10H2,1-3H3,(H,28,29)/t15-/m1/s1. The fraction of sp³-hybridized carbons (Fsp3) is 0.429. The molecular weight excluding hydrogens is 501 g/mol. The Morgan fingerprint density at radius 3 is 2.42 bits per heavy atom. The first kappa shape index (κ1) is 25.3. The summed E-state index contributed by atoms with van der Waals surface area (Å²) in [6.45, 7) is 5.64. The molecule has 0 aliphatic carbocycles. The molecule has 1 aromatic carbocycles. The van der Waals surface area contributed by atoms with Gasteiger partial charge >= 0.3 is 12.3 Å². The maximum atomic E-state index is 12.8. The predicted octanol–water partition coefficient (Wildman–Crippen LogP) is 6.42. The number of rotatable bonds is 7. The number of hydrogen-bond acceptors (Lipinski definition) is 4. The molecule has 0 fully saturated rings. The number of nitrogens with zero attached hydrogens (tertiary/aromatic N) is 1. The minimum Gasteiger partial charge on any atom is -0.492 e. The summed E-state index contributed by atoms with van der Waals surface area (Å²) in [6.07, 6.45) is -3.61. The van der Waals surface area contributed by atoms with Gasteiger partial charge in [-0.05, 0) is 60.5 Å². The molecule has 0 spiro atoms. The van der Waals surface area contributed by atoms with Gasteiger partial charge in [0.05, 0.1) is 22.8 Å². The molecule has 5 nitrogen and oxygen atoms in total. The van der Waals surface area contributed by atoms with Crippen molar-refractivity contribution in [1.82, 2.24) is 10.3 Å². The number of alkyl carbamates (subject to hydrolysis) is 1. The van der Waals surface area contributed by atoms with E-state index in [4.69, 9.17) is 21.1 Å². The number of carbonyl (C=O) groups is 1. The molecule has 0 saturated heterocycles. The third-order valence-electron chi connectivity index (χ3n) is 3.98. The average molecular weight is 524 g/mol. The number of alkyl halides is 3. The second kappa shape index (κ2) is 10.5. The zero-order valence-electron chi connectivity index (χ0n) is 17.2. The molecule has 1 atom stereocenters. The largest absolute Gasteiger partial charge is 0.492 e. The SMILES string of the molecule is CC(C)(C)NC(=O)O[C@H](CCOc1cnc(Cl)c(Br)c1)Cc1ccc(C(F)(F)F)cc1. The van der Waals surface area contributed by atoms with Crippen LogP contribution in [0, 0.1) is 0 Å². The van der Waals surface area contributed by atoms with Gasteiger partial charge in [-0.3, -0.25) is 0 Å². The number of nitrogens with one attached hydrogen (secondary N) is 1. The van der Waals surface area contributed by atoms with Gasteiger partial charge in [0, 0.05) is 18.4 Å². The summed E-state index contributed by atoms with van der Waals surface area (Å²) in [5.41, 5.74) is -0.617. The Morgan fingerprint density at radius 2 is 1.87 bits per heavy atom. The molecule has 1 amide bonds. The van der Waals surface area contributed by atoms with Crippen LogP contribution in [0.25, 0.3) is 0 Å². The van der Waals surface area contributed by atoms with E-state index in [0.29, 0.717) is 27.4 Å². The Bertz CT molecular complexity index is 887. The number of pyridine rings is 1. The summed E-state index contributed by atoms with van der Waals surface area (Å²) < 4.78 is 50.1. The molecule has 31 heavy (non-hydrogen) atoms. The zero-order valence-corrected chi connectivity index (χ0v) is 19.6. The lowest BCUT2D eigenvalue weighted by molar-refractivity contribution is -0.137. The van der Waals surface area contributed by atoms with Crippen LogP contribution in [0.4, 0.5) is 18.0 Å². The van der Waals surface area contributed by atoms with Crippen LogP contribution < -0.4 is 10.1 Å². The van der Waals surface area contributed by atoms with Gasteiger partial charge in [0.25, 0.3) is 0 Å². The Morgan fingerprint density at radius 1 is 1.23 bits per heavy atom. The van der Waals surface area contributed by atoms with Gasteiger partial charge in [-0.15, -0.1) is 0 Å². The molecule has 0 aliphatic rings. The molecular formula is C21H23BrClF3N2O3. The molecule has 0 saturated carbocycles. The number of benzene rings is 1. The molecule has 0 radical (unpaired) electrons. The lowest BCUT2D eigenvalue weighted by atomic mass is 10.0. The van der Waals surface area contributed by atoms with Crippen LogP contribution >= 0.6 is 27.5 Å². The summed E-state index contributed by atoms with van der Waals surface area (Å²) in [5.74, 6) is 0.476. The molecule has 0 bridgehead atoms. The summed E-state index contributed by atoms with van der Waals surface area (Å²) >= 11 is 9.12. The molecule has 2 rings (SSSR count). The highest BCUT2D eigenvalue weighted by molar-refractivity contribution is 9.10. The fourth-order valence-corrected chi connectivity index (χ4v) is 3.00. The van der Waals surface area contributed by atoms with Gasteiger partial charge in [0.15, 0.2) is 0 Å². The van der Waals surface area contributed by atoms with Crippen LogP contribution in [0.3, 0.4) is 0 Å². The van der Waals surface area contributed by atoms with Gasteiger partial charge in [-0.25, -0.2) is 9.78 Å². The third-order valence-corrected chi connectivity index (χ3v) is 5.11. The predicted molar refractivity (Wildman–Crippen MR) is 115 cm³/mol. The summed E-state index contributed by atoms with van der Waals surface area (Å²) in [7, 11) is 0. The maximum Gasteiger partial charge on any atom is 0.416 e. The minimum atomic E-state index is -4.41. The van der Waals surface area contributed by atoms with Crippen LogP contribution in [-0.2, 0) is 17.3 Å². The van der Waals surface area contributed by atoms with E-state index >= 15 is 0 Å². The molecule has 0 unspecified atom stereocenters. The van der Waals surface area contributed by atoms with Gasteiger partial charge in [0.2, 0.25) is 0 Å². The van der Waals surface area contributed by atoms with Crippen molar-refractivity contribution in [2.75, 3.05) is 6.61 Å². The van der Waals surface area contributed by atoms with Crippen molar-refractivity contribution in [3.63, 3.8) is 0 Å². The van der Waals surface area contributed by atoms with E-state index in [-0.39, 0.29) is 13.0 Å². The molecule has 1 N–H and O–H groups in total. The highest BCUT2D eigenvalue weighted by atomic mass is 79.9. The van der Waals surface area contributed by atoms with Crippen molar-refractivity contribution in [3.8, 4) is 5.75 Å². The Labute approximate surface area is 192 Å². The van der Waals surface area contributed by atoms with E-state index in [2.05, 4.69) is 26.2 Å². The van der Waals surface area contributed by atoms with Gasteiger partial charge in [0.1, 0.15) is 17.0 Å². The lowest BCUT2D eigenvalue weighted by Gasteiger charge is -2.24. The van der Waals surface area contributed by atoms with E-state index in [1.807, 2.05) is 20.8 Å². The van der Waals surface area contributed by atoms with Crippen molar-refractivity contribution < 1.29 is 27.4 Å². The van der Waals surface area contributed by atoms with Crippen LogP contribution in [0.1, 0.15) is 38.3 Å². The maximum absolute atomic E-state index is 12.8. The topological polar surface area (TPSA) is 60.5 Å². The van der Waals surface area contributed by atoms with E-state index in [1.165, 1.54) is 18.3 Å². The van der Waals surface area contributed by atoms with Gasteiger partial charge < -0.3 is 14.8 Å². The molecule has 10 heteroatoms. The first-order valence-electron chi connectivity index (χ1n) is 9.42. The van der Waals surface area contributed by atoms with E-state index < -0.39 is 29.5 Å². The minimum absolute atomic E-state index is 0.198. The average Bonchev–Trinajstić information content (AvgIpc) is 2.62. The number of hydrogen-bond donors (Lipinski definition) is 1. The summed E-state index contributed by atoms with van der Waals surface area (Å²) in [4.78, 5) is 16.2. The number of ether oxygens (including phenoxy) is 2. The first-order chi connectivity index (χ1) is 14.3. The van der Waals surface area contributed by atoms with Crippen molar-refractivity contribution in [2.45, 2.75) is 51.4 Å². The summed E-state index contributed by atoms with van der Waals surface area (Å²) in [5, 5.41) is 3.01. The quantitative estimate of drug-likeness (QED) is 0.425. The summed E-state index contributed by atoms with van der Waals surface area (Å²) in [6, 6.07) is 6.43. The van der Waals surface area contributed by atoms with Crippen LogP contribution in [0.15, 0.2) is 41.0 Å². The van der Waals surface area contributed by atoms with Crippen molar-refractivity contribution >= 4 is 33.6 Å². The molecule has 0 aliphatic heterocycles. The van der Waals surface area contributed by atoms with E-state index in [1.54, 1.807) is 6.07 Å². The molecule has 1 aromatic heterocycles. The van der Waals surface area contributed by atoms with Crippen molar-refractivity contribution in [2.24, 2.45) is 0 Å². The monoisotopic (exact) mass is 522 g/mol. The highest BCUT2D eigenvalue weighted by Gasteiger charge is 2.30. The van der Waals surface area contributed by atoms with Crippen LogP contribution in [0.5, 0.6) is 5.75 Å². The molecule has 2 aromatic rings. The number of carbonyl (C=O) groups excluding carboxylic acids is 1. The Balaban J connectivity index is 2.04. The smallest absolute Gasteiger partial charge is 0.416 e. The van der Waals surface area contributed by atoms with E-state index in [9.17, 15) is 18.0 Å². The second-order valence-electron chi connectivity index (χ2n) is 7.88. The van der Waals surface area contributed by atoms with Crippen molar-refractivity contribution in [3.05, 3.63) is 57.3 Å². The number of aromatic nitrogens is 1. The fourth-order valence-electron chi connectivity index (χ4n) is 2.57. The van der Waals surface area contributed by atoms with Gasteiger partial charge in [-0.1, -0.05) is 23.7 Å². The molecule has 170 valence electrons. The third kappa shape index (κ3) is 8.95. The normalized spacial score (nSPS) is 12.9. The number of halogens is 5. The van der Waals surface area contributed by atoms with Crippen LogP contribution in [-0.4, -0.2) is 29.3 Å². The van der Waals surface area contributed by atoms with E-state index in [0.717, 1.165) is 12.1 Å². The van der Waals surface area contributed by atoms with Crippen molar-refractivity contribution in [1.29, 1.82) is 0 Å². The Kier molecular flexibility index (Phi) is 8.59. The zero-order chi connectivity index (χ0) is 23.2. The second-order valence-corrected chi connectivity index (χ2v) is 9.09. The van der Waals surface area contributed by atoms with Crippen LogP contribution in [0.2, 0.25) is 5.15 Å². The lowest BCUT2D eigenvalue weighted by Crippen LogP contribution is -2.42. The van der Waals surface area contributed by atoms with Gasteiger partial charge in [-0.2, -0.15) is 13.2 Å². The number of amides is 1.